The number of nitrogens with zero attached hydrogens (tertiary/aromatic N) is 2. The van der Waals surface area contributed by atoms with E-state index in [0.717, 1.165) is 11.4 Å². The number of ether oxygens (including phenoxy) is 1. The molecule has 1 aromatic rings. The van der Waals surface area contributed by atoms with Gasteiger partial charge in [-0.3, -0.25) is 9.48 Å². The molecule has 96 valence electrons. The van der Waals surface area contributed by atoms with E-state index in [1.165, 1.54) is 0 Å². The zero-order valence-electron chi connectivity index (χ0n) is 11.2. The molecule has 1 heterocycles. The van der Waals surface area contributed by atoms with Gasteiger partial charge < -0.3 is 10.1 Å². The van der Waals surface area contributed by atoms with Gasteiger partial charge in [0.2, 0.25) is 5.91 Å². The van der Waals surface area contributed by atoms with Gasteiger partial charge in [0.25, 0.3) is 0 Å². The first kappa shape index (κ1) is 13.7. The van der Waals surface area contributed by atoms with E-state index in [1.54, 1.807) is 4.68 Å². The second-order valence-electron chi connectivity index (χ2n) is 4.66. The van der Waals surface area contributed by atoms with E-state index in [1.807, 2.05) is 40.9 Å². The predicted octanol–water partition coefficient (Wildman–Crippen LogP) is 1.91. The highest BCUT2D eigenvalue weighted by atomic mass is 16.5. The van der Waals surface area contributed by atoms with Gasteiger partial charge >= 0.3 is 0 Å². The molecule has 0 aliphatic carbocycles. The largest absolute Gasteiger partial charge is 0.369 e. The van der Waals surface area contributed by atoms with E-state index >= 15 is 0 Å². The average molecular weight is 239 g/mol. The lowest BCUT2D eigenvalue weighted by molar-refractivity contribution is -0.121. The van der Waals surface area contributed by atoms with Gasteiger partial charge in [-0.25, -0.2) is 0 Å². The molecule has 0 radical (unpaired) electrons. The third kappa shape index (κ3) is 4.19. The number of aromatic nitrogens is 2. The van der Waals surface area contributed by atoms with E-state index in [2.05, 4.69) is 10.4 Å². The third-order valence-corrected chi connectivity index (χ3v) is 2.23. The molecule has 0 spiro atoms. The summed E-state index contributed by atoms with van der Waals surface area (Å²) in [5.74, 6) is 0.131. The average Bonchev–Trinajstić information content (AvgIpc) is 2.56. The zero-order chi connectivity index (χ0) is 13.0. The number of anilines is 1. The summed E-state index contributed by atoms with van der Waals surface area (Å²) in [6.45, 7) is 7.96. The first-order valence-corrected chi connectivity index (χ1v) is 5.85. The van der Waals surface area contributed by atoms with Crippen LogP contribution in [-0.4, -0.2) is 28.4 Å². The molecule has 0 fully saturated rings. The van der Waals surface area contributed by atoms with Crippen molar-refractivity contribution in [1.82, 2.24) is 9.78 Å². The second-order valence-corrected chi connectivity index (χ2v) is 4.66. The number of carbonyl (C=O) groups excluding carboxylic acids is 1. The van der Waals surface area contributed by atoms with Crippen LogP contribution in [0.4, 0.5) is 5.69 Å². The number of amides is 1. The number of hydrogen-bond donors (Lipinski definition) is 1. The van der Waals surface area contributed by atoms with Crippen molar-refractivity contribution >= 4 is 11.6 Å². The Balaban J connectivity index is 2.64. The van der Waals surface area contributed by atoms with E-state index in [-0.39, 0.29) is 24.5 Å². The summed E-state index contributed by atoms with van der Waals surface area (Å²) in [6, 6.07) is 0. The molecule has 1 aromatic heterocycles. The van der Waals surface area contributed by atoms with E-state index in [0.29, 0.717) is 0 Å². The maximum absolute atomic E-state index is 11.6. The monoisotopic (exact) mass is 239 g/mol. The van der Waals surface area contributed by atoms with Crippen molar-refractivity contribution in [2.75, 3.05) is 11.9 Å². The molecule has 1 rings (SSSR count). The molecule has 5 heteroatoms. The lowest BCUT2D eigenvalue weighted by Crippen LogP contribution is -2.21. The summed E-state index contributed by atoms with van der Waals surface area (Å²) in [6.07, 6.45) is 1.86. The molecule has 0 unspecified atom stereocenters. The van der Waals surface area contributed by atoms with Gasteiger partial charge in [-0.1, -0.05) is 13.8 Å². The first-order chi connectivity index (χ1) is 7.90. The fourth-order valence-electron chi connectivity index (χ4n) is 1.46. The maximum Gasteiger partial charge on any atom is 0.250 e. The Morgan fingerprint density at radius 3 is 2.65 bits per heavy atom. The van der Waals surface area contributed by atoms with Gasteiger partial charge in [-0.15, -0.1) is 0 Å². The maximum atomic E-state index is 11.6. The van der Waals surface area contributed by atoms with Crippen LogP contribution in [0.3, 0.4) is 0 Å². The molecule has 0 aliphatic heterocycles. The summed E-state index contributed by atoms with van der Waals surface area (Å²) in [4.78, 5) is 11.6. The number of hydrogen-bond acceptors (Lipinski definition) is 3. The predicted molar refractivity (Wildman–Crippen MR) is 67.0 cm³/mol. The summed E-state index contributed by atoms with van der Waals surface area (Å²) in [7, 11) is 1.84. The molecular weight excluding hydrogens is 218 g/mol. The van der Waals surface area contributed by atoms with Gasteiger partial charge in [0.1, 0.15) is 6.61 Å². The summed E-state index contributed by atoms with van der Waals surface area (Å²) in [5.41, 5.74) is 1.66. The summed E-state index contributed by atoms with van der Waals surface area (Å²) >= 11 is 0. The zero-order valence-corrected chi connectivity index (χ0v) is 11.2. The highest BCUT2D eigenvalue weighted by Gasteiger charge is 2.13. The van der Waals surface area contributed by atoms with E-state index in [9.17, 15) is 4.79 Å². The quantitative estimate of drug-likeness (QED) is 0.854. The molecule has 5 nitrogen and oxygen atoms in total. The lowest BCUT2D eigenvalue weighted by Gasteiger charge is -2.09. The van der Waals surface area contributed by atoms with Crippen LogP contribution in [0.1, 0.15) is 39.3 Å². The SMILES string of the molecule is CC(C)OCC(=O)Nc1cn(C)nc1C(C)C. The minimum atomic E-state index is -0.145. The molecule has 0 saturated carbocycles. The van der Waals surface area contributed by atoms with Crippen molar-refractivity contribution in [3.05, 3.63) is 11.9 Å². The van der Waals surface area contributed by atoms with Crippen molar-refractivity contribution in [3.63, 3.8) is 0 Å². The molecule has 1 N–H and O–H groups in total. The smallest absolute Gasteiger partial charge is 0.250 e. The van der Waals surface area contributed by atoms with Gasteiger partial charge in [-0.05, 0) is 19.8 Å². The standard InChI is InChI=1S/C12H21N3O2/c1-8(2)12-10(6-15(5)14-12)13-11(16)7-17-9(3)4/h6,8-9H,7H2,1-5H3,(H,13,16). The minimum Gasteiger partial charge on any atom is -0.369 e. The molecule has 0 bridgehead atoms. The van der Waals surface area contributed by atoms with Crippen molar-refractivity contribution in [3.8, 4) is 0 Å². The molecule has 1 amide bonds. The van der Waals surface area contributed by atoms with Gasteiger partial charge in [0.05, 0.1) is 17.5 Å². The summed E-state index contributed by atoms with van der Waals surface area (Å²) < 4.78 is 6.95. The Bertz CT molecular complexity index is 383. The summed E-state index contributed by atoms with van der Waals surface area (Å²) in [5, 5.41) is 7.14. The van der Waals surface area contributed by atoms with Crippen molar-refractivity contribution in [2.45, 2.75) is 39.7 Å². The normalized spacial score (nSPS) is 11.2. The van der Waals surface area contributed by atoms with Crippen LogP contribution >= 0.6 is 0 Å². The Morgan fingerprint density at radius 2 is 2.12 bits per heavy atom. The molecule has 17 heavy (non-hydrogen) atoms. The Morgan fingerprint density at radius 1 is 1.47 bits per heavy atom. The molecule has 0 atom stereocenters. The Kier molecular flexibility index (Phi) is 4.69. The highest BCUT2D eigenvalue weighted by Crippen LogP contribution is 2.21. The molecule has 0 aromatic carbocycles. The molecule has 0 aliphatic rings. The third-order valence-electron chi connectivity index (χ3n) is 2.23. The molecule has 0 saturated heterocycles. The van der Waals surface area contributed by atoms with Crippen LogP contribution in [0.25, 0.3) is 0 Å². The lowest BCUT2D eigenvalue weighted by atomic mass is 10.1. The van der Waals surface area contributed by atoms with Crippen LogP contribution in [0, 0.1) is 0 Å². The van der Waals surface area contributed by atoms with Crippen LogP contribution in [0.2, 0.25) is 0 Å². The first-order valence-electron chi connectivity index (χ1n) is 5.85. The Hall–Kier alpha value is -1.36. The topological polar surface area (TPSA) is 56.1 Å². The Labute approximate surface area is 102 Å². The van der Waals surface area contributed by atoms with Crippen LogP contribution < -0.4 is 5.32 Å². The van der Waals surface area contributed by atoms with Crippen molar-refractivity contribution < 1.29 is 9.53 Å². The van der Waals surface area contributed by atoms with Crippen molar-refractivity contribution in [1.29, 1.82) is 0 Å². The van der Waals surface area contributed by atoms with Gasteiger partial charge in [-0.2, -0.15) is 5.10 Å². The number of nitrogens with one attached hydrogen (secondary N) is 1. The number of carbonyl (C=O) groups is 1. The van der Waals surface area contributed by atoms with Crippen molar-refractivity contribution in [2.24, 2.45) is 7.05 Å². The van der Waals surface area contributed by atoms with Crippen LogP contribution in [0.5, 0.6) is 0 Å². The van der Waals surface area contributed by atoms with E-state index in [4.69, 9.17) is 4.74 Å². The number of aryl methyl sites for hydroxylation is 1. The second kappa shape index (κ2) is 5.82. The highest BCUT2D eigenvalue weighted by molar-refractivity contribution is 5.92. The van der Waals surface area contributed by atoms with Crippen LogP contribution in [0.15, 0.2) is 6.20 Å². The number of rotatable bonds is 5. The van der Waals surface area contributed by atoms with Crippen LogP contribution in [-0.2, 0) is 16.6 Å². The fourth-order valence-corrected chi connectivity index (χ4v) is 1.46. The molecular formula is C12H21N3O2. The van der Waals surface area contributed by atoms with E-state index < -0.39 is 0 Å². The van der Waals surface area contributed by atoms with Gasteiger partial charge in [0, 0.05) is 13.2 Å². The fraction of sp³-hybridized carbons (Fsp3) is 0.667. The van der Waals surface area contributed by atoms with Gasteiger partial charge in [0.15, 0.2) is 0 Å². The minimum absolute atomic E-state index is 0.0548.